The van der Waals surface area contributed by atoms with E-state index in [0.717, 1.165) is 30.0 Å². The van der Waals surface area contributed by atoms with E-state index in [1.807, 2.05) is 24.3 Å². The number of benzene rings is 1. The van der Waals surface area contributed by atoms with Gasteiger partial charge in [-0.25, -0.2) is 4.98 Å². The van der Waals surface area contributed by atoms with Crippen molar-refractivity contribution in [2.75, 3.05) is 12.3 Å². The van der Waals surface area contributed by atoms with Gasteiger partial charge in [-0.2, -0.15) is 0 Å². The van der Waals surface area contributed by atoms with Crippen molar-refractivity contribution in [2.45, 2.75) is 19.9 Å². The Morgan fingerprint density at radius 1 is 1.37 bits per heavy atom. The van der Waals surface area contributed by atoms with E-state index < -0.39 is 0 Å². The summed E-state index contributed by atoms with van der Waals surface area (Å²) in [6.45, 7) is 3.22. The van der Waals surface area contributed by atoms with Crippen LogP contribution in [0.15, 0.2) is 30.6 Å². The fourth-order valence-corrected chi connectivity index (χ4v) is 1.77. The molecule has 0 aliphatic rings. The van der Waals surface area contributed by atoms with Crippen molar-refractivity contribution in [3.8, 4) is 29.4 Å². The summed E-state index contributed by atoms with van der Waals surface area (Å²) in [7, 11) is 0. The van der Waals surface area contributed by atoms with Gasteiger partial charge in [0.15, 0.2) is 0 Å². The Hall–Kier alpha value is -2.41. The quantitative estimate of drug-likeness (QED) is 0.835. The first-order chi connectivity index (χ1) is 9.26. The van der Waals surface area contributed by atoms with Crippen LogP contribution in [0.3, 0.4) is 0 Å². The molecule has 0 saturated carbocycles. The third kappa shape index (κ3) is 2.89. The maximum absolute atomic E-state index is 6.01. The van der Waals surface area contributed by atoms with Gasteiger partial charge in [-0.1, -0.05) is 12.8 Å². The Labute approximate surface area is 113 Å². The van der Waals surface area contributed by atoms with E-state index in [0.29, 0.717) is 12.4 Å². The summed E-state index contributed by atoms with van der Waals surface area (Å²) >= 11 is 0. The normalized spacial score (nSPS) is 10.1. The van der Waals surface area contributed by atoms with Gasteiger partial charge >= 0.3 is 0 Å². The van der Waals surface area contributed by atoms with Gasteiger partial charge in [-0.3, -0.25) is 0 Å². The second kappa shape index (κ2) is 5.96. The van der Waals surface area contributed by atoms with Crippen molar-refractivity contribution >= 4 is 5.82 Å². The number of terminal acetylenes is 1. The highest BCUT2D eigenvalue weighted by Crippen LogP contribution is 2.26. The topological polar surface area (TPSA) is 53.1 Å². The molecule has 4 heteroatoms. The summed E-state index contributed by atoms with van der Waals surface area (Å²) < 4.78 is 7.28. The zero-order valence-corrected chi connectivity index (χ0v) is 11.0. The zero-order chi connectivity index (χ0) is 13.7. The molecule has 1 heterocycles. The lowest BCUT2D eigenvalue weighted by atomic mass is 10.1. The lowest BCUT2D eigenvalue weighted by Gasteiger charge is -2.06. The lowest BCUT2D eigenvalue weighted by molar-refractivity contribution is 0.317. The van der Waals surface area contributed by atoms with E-state index in [1.54, 1.807) is 10.9 Å². The zero-order valence-electron chi connectivity index (χ0n) is 11.0. The van der Waals surface area contributed by atoms with E-state index in [2.05, 4.69) is 17.8 Å². The van der Waals surface area contributed by atoms with Crippen LogP contribution in [0, 0.1) is 12.3 Å². The molecule has 0 atom stereocenters. The van der Waals surface area contributed by atoms with Gasteiger partial charge in [0.25, 0.3) is 0 Å². The summed E-state index contributed by atoms with van der Waals surface area (Å²) in [4.78, 5) is 4.30. The molecule has 1 aromatic heterocycles. The standard InChI is InChI=1S/C15H17N3O/c1-3-9-18-11-17-14(15(18)16)12-5-7-13(8-6-12)19-10-4-2/h1,5-8,11H,4,9-10,16H2,2H3. The average Bonchev–Trinajstić information content (AvgIpc) is 2.79. The van der Waals surface area contributed by atoms with Gasteiger partial charge in [-0.15, -0.1) is 6.42 Å². The molecule has 0 unspecified atom stereocenters. The number of rotatable bonds is 5. The molecule has 0 aliphatic carbocycles. The number of nitrogen functional groups attached to an aromatic ring is 1. The second-order valence-electron chi connectivity index (χ2n) is 4.18. The van der Waals surface area contributed by atoms with Crippen LogP contribution < -0.4 is 10.5 Å². The second-order valence-corrected chi connectivity index (χ2v) is 4.18. The molecular weight excluding hydrogens is 238 g/mol. The Morgan fingerprint density at radius 3 is 2.74 bits per heavy atom. The molecule has 2 aromatic rings. The van der Waals surface area contributed by atoms with Crippen molar-refractivity contribution in [3.05, 3.63) is 30.6 Å². The predicted molar refractivity (Wildman–Crippen MR) is 76.7 cm³/mol. The van der Waals surface area contributed by atoms with Crippen LogP contribution in [0.2, 0.25) is 0 Å². The van der Waals surface area contributed by atoms with Crippen LogP contribution >= 0.6 is 0 Å². The Bertz CT molecular complexity index is 578. The number of ether oxygens (including phenoxy) is 1. The molecule has 0 aliphatic heterocycles. The largest absolute Gasteiger partial charge is 0.494 e. The van der Waals surface area contributed by atoms with Gasteiger partial charge in [0, 0.05) is 5.56 Å². The van der Waals surface area contributed by atoms with Crippen molar-refractivity contribution < 1.29 is 4.74 Å². The minimum absolute atomic E-state index is 0.427. The summed E-state index contributed by atoms with van der Waals surface area (Å²) in [5.41, 5.74) is 7.72. The summed E-state index contributed by atoms with van der Waals surface area (Å²) in [5.74, 6) is 3.98. The van der Waals surface area contributed by atoms with Crippen LogP contribution in [-0.2, 0) is 6.54 Å². The first-order valence-electron chi connectivity index (χ1n) is 6.23. The third-order valence-electron chi connectivity index (χ3n) is 2.74. The Morgan fingerprint density at radius 2 is 2.11 bits per heavy atom. The summed E-state index contributed by atoms with van der Waals surface area (Å²) in [6.07, 6.45) is 7.92. The highest BCUT2D eigenvalue weighted by molar-refractivity contribution is 5.70. The fourth-order valence-electron chi connectivity index (χ4n) is 1.77. The van der Waals surface area contributed by atoms with Gasteiger partial charge in [0.2, 0.25) is 0 Å². The molecule has 0 fully saturated rings. The molecular formula is C15H17N3O. The maximum Gasteiger partial charge on any atom is 0.132 e. The number of hydrogen-bond acceptors (Lipinski definition) is 3. The predicted octanol–water partition coefficient (Wildman–Crippen LogP) is 2.55. The van der Waals surface area contributed by atoms with Gasteiger partial charge in [0.05, 0.1) is 19.5 Å². The van der Waals surface area contributed by atoms with Gasteiger partial charge in [0.1, 0.15) is 17.3 Å². The highest BCUT2D eigenvalue weighted by atomic mass is 16.5. The van der Waals surface area contributed by atoms with Crippen molar-refractivity contribution in [1.82, 2.24) is 9.55 Å². The number of nitrogens with two attached hydrogens (primary N) is 1. The first kappa shape index (κ1) is 13.0. The molecule has 4 nitrogen and oxygen atoms in total. The number of hydrogen-bond donors (Lipinski definition) is 1. The average molecular weight is 255 g/mol. The number of imidazole rings is 1. The van der Waals surface area contributed by atoms with E-state index in [4.69, 9.17) is 16.9 Å². The SMILES string of the molecule is C#CCn1cnc(-c2ccc(OCCC)cc2)c1N. The first-order valence-corrected chi connectivity index (χ1v) is 6.23. The van der Waals surface area contributed by atoms with E-state index in [1.165, 1.54) is 0 Å². The Kier molecular flexibility index (Phi) is 4.09. The fraction of sp³-hybridized carbons (Fsp3) is 0.267. The maximum atomic E-state index is 6.01. The van der Waals surface area contributed by atoms with Crippen molar-refractivity contribution in [2.24, 2.45) is 0 Å². The minimum atomic E-state index is 0.427. The number of aromatic nitrogens is 2. The molecule has 1 aromatic carbocycles. The van der Waals surface area contributed by atoms with Crippen LogP contribution in [0.25, 0.3) is 11.3 Å². The molecule has 2 rings (SSSR count). The minimum Gasteiger partial charge on any atom is -0.494 e. The summed E-state index contributed by atoms with van der Waals surface area (Å²) in [5, 5.41) is 0. The molecule has 0 spiro atoms. The van der Waals surface area contributed by atoms with Crippen molar-refractivity contribution in [3.63, 3.8) is 0 Å². The van der Waals surface area contributed by atoms with Crippen molar-refractivity contribution in [1.29, 1.82) is 0 Å². The molecule has 0 amide bonds. The number of nitrogens with zero attached hydrogens (tertiary/aromatic N) is 2. The van der Waals surface area contributed by atoms with E-state index in [-0.39, 0.29) is 0 Å². The molecule has 98 valence electrons. The highest BCUT2D eigenvalue weighted by Gasteiger charge is 2.09. The van der Waals surface area contributed by atoms with Crippen LogP contribution in [-0.4, -0.2) is 16.2 Å². The smallest absolute Gasteiger partial charge is 0.132 e. The van der Waals surface area contributed by atoms with Crippen LogP contribution in [0.5, 0.6) is 5.75 Å². The molecule has 0 bridgehead atoms. The Balaban J connectivity index is 2.20. The molecule has 2 N–H and O–H groups in total. The number of anilines is 1. The molecule has 0 radical (unpaired) electrons. The third-order valence-corrected chi connectivity index (χ3v) is 2.74. The lowest BCUT2D eigenvalue weighted by Crippen LogP contribution is -2.00. The van der Waals surface area contributed by atoms with Gasteiger partial charge < -0.3 is 15.0 Å². The van der Waals surface area contributed by atoms with Gasteiger partial charge in [-0.05, 0) is 30.7 Å². The van der Waals surface area contributed by atoms with E-state index in [9.17, 15) is 0 Å². The molecule has 0 saturated heterocycles. The summed E-state index contributed by atoms with van der Waals surface area (Å²) in [6, 6.07) is 7.74. The van der Waals surface area contributed by atoms with Crippen LogP contribution in [0.1, 0.15) is 13.3 Å². The monoisotopic (exact) mass is 255 g/mol. The van der Waals surface area contributed by atoms with Crippen LogP contribution in [0.4, 0.5) is 5.82 Å². The van der Waals surface area contributed by atoms with E-state index >= 15 is 0 Å². The molecule has 19 heavy (non-hydrogen) atoms.